The summed E-state index contributed by atoms with van der Waals surface area (Å²) in [6.45, 7) is 8.42. The number of ketones is 1. The fourth-order valence-electron chi connectivity index (χ4n) is 2.94. The normalized spacial score (nSPS) is 29.2. The minimum atomic E-state index is 0.240. The Morgan fingerprint density at radius 2 is 1.89 bits per heavy atom. The van der Waals surface area contributed by atoms with Gasteiger partial charge in [-0.3, -0.25) is 9.69 Å². The minimum Gasteiger partial charge on any atom is -0.293 e. The molecule has 0 bridgehead atoms. The number of piperidine rings is 1. The van der Waals surface area contributed by atoms with E-state index in [-0.39, 0.29) is 5.78 Å². The average Bonchev–Trinajstić information content (AvgIpc) is 2.36. The van der Waals surface area contributed by atoms with Crippen LogP contribution in [0.3, 0.4) is 0 Å². The molecule has 3 atom stereocenters. The second kappa shape index (κ2) is 5.66. The largest absolute Gasteiger partial charge is 0.293 e. The predicted molar refractivity (Wildman–Crippen MR) is 74.8 cm³/mol. The monoisotopic (exact) mass is 245 g/mol. The summed E-state index contributed by atoms with van der Waals surface area (Å²) in [6, 6.07) is 10.1. The van der Waals surface area contributed by atoms with Crippen LogP contribution in [0.2, 0.25) is 0 Å². The van der Waals surface area contributed by atoms with Crippen LogP contribution in [0, 0.1) is 11.8 Å². The lowest BCUT2D eigenvalue weighted by Crippen LogP contribution is -2.47. The van der Waals surface area contributed by atoms with Gasteiger partial charge in [0.1, 0.15) is 0 Å². The molecule has 1 heterocycles. The van der Waals surface area contributed by atoms with Gasteiger partial charge >= 0.3 is 0 Å². The van der Waals surface area contributed by atoms with Gasteiger partial charge in [-0.25, -0.2) is 0 Å². The number of carbonyl (C=O) groups excluding carboxylic acids is 1. The van der Waals surface area contributed by atoms with E-state index < -0.39 is 0 Å². The summed E-state index contributed by atoms with van der Waals surface area (Å²) < 4.78 is 0. The Balaban J connectivity index is 2.02. The van der Waals surface area contributed by atoms with Gasteiger partial charge < -0.3 is 0 Å². The third kappa shape index (κ3) is 2.99. The second-order valence-electron chi connectivity index (χ2n) is 5.78. The molecule has 18 heavy (non-hydrogen) atoms. The molecule has 0 N–H and O–H groups in total. The maximum absolute atomic E-state index is 12.2. The van der Waals surface area contributed by atoms with Gasteiger partial charge in [0.15, 0.2) is 5.78 Å². The number of rotatable bonds is 3. The Bertz CT molecular complexity index is 401. The molecule has 1 saturated heterocycles. The fourth-order valence-corrected chi connectivity index (χ4v) is 2.94. The van der Waals surface area contributed by atoms with Crippen molar-refractivity contribution in [2.75, 3.05) is 13.1 Å². The lowest BCUT2D eigenvalue weighted by molar-refractivity contribution is 0.0650. The molecule has 1 aromatic rings. The first-order chi connectivity index (χ1) is 8.58. The maximum Gasteiger partial charge on any atom is 0.176 e. The zero-order valence-electron chi connectivity index (χ0n) is 11.6. The Morgan fingerprint density at radius 3 is 2.56 bits per heavy atom. The third-order valence-electron chi connectivity index (χ3n) is 4.16. The van der Waals surface area contributed by atoms with Crippen LogP contribution in [0.1, 0.15) is 37.6 Å². The zero-order valence-corrected chi connectivity index (χ0v) is 11.6. The van der Waals surface area contributed by atoms with Crippen LogP contribution in [0.15, 0.2) is 30.3 Å². The first-order valence-electron chi connectivity index (χ1n) is 6.90. The van der Waals surface area contributed by atoms with Crippen molar-refractivity contribution in [3.63, 3.8) is 0 Å². The smallest absolute Gasteiger partial charge is 0.176 e. The van der Waals surface area contributed by atoms with Gasteiger partial charge in [0.25, 0.3) is 0 Å². The summed E-state index contributed by atoms with van der Waals surface area (Å²) >= 11 is 0. The second-order valence-corrected chi connectivity index (χ2v) is 5.78. The van der Waals surface area contributed by atoms with E-state index in [4.69, 9.17) is 0 Å². The van der Waals surface area contributed by atoms with Crippen molar-refractivity contribution >= 4 is 5.78 Å². The molecule has 1 aliphatic rings. The standard InChI is InChI=1S/C16H23NO/c1-12-9-13(2)14(3)17(10-12)11-16(18)15-7-5-4-6-8-15/h4-8,12-14H,9-11H2,1-3H3. The Labute approximate surface area is 110 Å². The van der Waals surface area contributed by atoms with E-state index in [0.717, 1.165) is 12.1 Å². The predicted octanol–water partition coefficient (Wildman–Crippen LogP) is 3.24. The summed E-state index contributed by atoms with van der Waals surface area (Å²) in [4.78, 5) is 14.6. The molecule has 0 spiro atoms. The Morgan fingerprint density at radius 1 is 1.22 bits per heavy atom. The molecule has 0 saturated carbocycles. The molecule has 1 aliphatic heterocycles. The van der Waals surface area contributed by atoms with Crippen LogP contribution in [0.5, 0.6) is 0 Å². The molecular weight excluding hydrogens is 222 g/mol. The highest BCUT2D eigenvalue weighted by atomic mass is 16.1. The van der Waals surface area contributed by atoms with Crippen molar-refractivity contribution in [3.05, 3.63) is 35.9 Å². The van der Waals surface area contributed by atoms with Gasteiger partial charge in [0.05, 0.1) is 6.54 Å². The number of hydrogen-bond acceptors (Lipinski definition) is 2. The van der Waals surface area contributed by atoms with Crippen molar-refractivity contribution in [1.29, 1.82) is 0 Å². The molecule has 0 aromatic heterocycles. The van der Waals surface area contributed by atoms with Gasteiger partial charge in [-0.05, 0) is 25.2 Å². The van der Waals surface area contributed by atoms with Gasteiger partial charge in [-0.1, -0.05) is 44.2 Å². The van der Waals surface area contributed by atoms with Crippen LogP contribution in [-0.4, -0.2) is 29.8 Å². The van der Waals surface area contributed by atoms with Crippen LogP contribution in [0.4, 0.5) is 0 Å². The molecule has 0 amide bonds. The molecule has 2 nitrogen and oxygen atoms in total. The molecule has 1 aromatic carbocycles. The molecule has 0 radical (unpaired) electrons. The summed E-state index contributed by atoms with van der Waals surface area (Å²) in [5, 5.41) is 0. The number of likely N-dealkylation sites (tertiary alicyclic amines) is 1. The lowest BCUT2D eigenvalue weighted by atomic mass is 9.86. The quantitative estimate of drug-likeness (QED) is 0.762. The van der Waals surface area contributed by atoms with Crippen molar-refractivity contribution in [2.45, 2.75) is 33.2 Å². The SMILES string of the molecule is CC1CC(C)C(C)N(CC(=O)c2ccccc2)C1. The van der Waals surface area contributed by atoms with Gasteiger partial charge in [0.2, 0.25) is 0 Å². The number of benzene rings is 1. The minimum absolute atomic E-state index is 0.240. The molecule has 98 valence electrons. The van der Waals surface area contributed by atoms with Crippen molar-refractivity contribution in [2.24, 2.45) is 11.8 Å². The van der Waals surface area contributed by atoms with Gasteiger partial charge in [-0.2, -0.15) is 0 Å². The third-order valence-corrected chi connectivity index (χ3v) is 4.16. The molecule has 2 heteroatoms. The summed E-state index contributed by atoms with van der Waals surface area (Å²) in [6.07, 6.45) is 1.27. The molecule has 1 fully saturated rings. The van der Waals surface area contributed by atoms with Crippen LogP contribution >= 0.6 is 0 Å². The van der Waals surface area contributed by atoms with E-state index in [1.54, 1.807) is 0 Å². The van der Waals surface area contributed by atoms with Crippen molar-refractivity contribution < 1.29 is 4.79 Å². The first-order valence-corrected chi connectivity index (χ1v) is 6.90. The molecule has 0 aliphatic carbocycles. The van der Waals surface area contributed by atoms with E-state index in [2.05, 4.69) is 25.7 Å². The summed E-state index contributed by atoms with van der Waals surface area (Å²) in [7, 11) is 0. The number of hydrogen-bond donors (Lipinski definition) is 0. The number of Topliss-reactive ketones (excluding diaryl/α,β-unsaturated/α-hetero) is 1. The Kier molecular flexibility index (Phi) is 4.18. The van der Waals surface area contributed by atoms with E-state index in [1.807, 2.05) is 30.3 Å². The lowest BCUT2D eigenvalue weighted by Gasteiger charge is -2.40. The molecular formula is C16H23NO. The topological polar surface area (TPSA) is 20.3 Å². The zero-order chi connectivity index (χ0) is 13.1. The maximum atomic E-state index is 12.2. The molecule has 3 unspecified atom stereocenters. The van der Waals surface area contributed by atoms with Crippen molar-refractivity contribution in [3.8, 4) is 0 Å². The van der Waals surface area contributed by atoms with E-state index >= 15 is 0 Å². The van der Waals surface area contributed by atoms with E-state index in [1.165, 1.54) is 6.42 Å². The van der Waals surface area contributed by atoms with E-state index in [0.29, 0.717) is 24.4 Å². The number of nitrogens with zero attached hydrogens (tertiary/aromatic N) is 1. The highest BCUT2D eigenvalue weighted by Gasteiger charge is 2.29. The Hall–Kier alpha value is -1.15. The summed E-state index contributed by atoms with van der Waals surface area (Å²) in [5.74, 6) is 1.61. The highest BCUT2D eigenvalue weighted by Crippen LogP contribution is 2.26. The highest BCUT2D eigenvalue weighted by molar-refractivity contribution is 5.97. The van der Waals surface area contributed by atoms with Crippen molar-refractivity contribution in [1.82, 2.24) is 4.90 Å². The van der Waals surface area contributed by atoms with Gasteiger partial charge in [-0.15, -0.1) is 0 Å². The van der Waals surface area contributed by atoms with E-state index in [9.17, 15) is 4.79 Å². The van der Waals surface area contributed by atoms with Gasteiger partial charge in [0, 0.05) is 18.2 Å². The van der Waals surface area contributed by atoms with Crippen LogP contribution in [0.25, 0.3) is 0 Å². The molecule has 2 rings (SSSR count). The van der Waals surface area contributed by atoms with Crippen LogP contribution < -0.4 is 0 Å². The fraction of sp³-hybridized carbons (Fsp3) is 0.562. The first kappa shape index (κ1) is 13.3. The number of carbonyl (C=O) groups is 1. The summed E-state index contributed by atoms with van der Waals surface area (Å²) in [5.41, 5.74) is 0.829. The average molecular weight is 245 g/mol. The van der Waals surface area contributed by atoms with Crippen LogP contribution in [-0.2, 0) is 0 Å².